The number of amides is 3. The predicted molar refractivity (Wildman–Crippen MR) is 78.3 cm³/mol. The van der Waals surface area contributed by atoms with Crippen LogP contribution in [0.25, 0.3) is 0 Å². The van der Waals surface area contributed by atoms with Gasteiger partial charge in [0.15, 0.2) is 0 Å². The van der Waals surface area contributed by atoms with Crippen LogP contribution in [0.4, 0.5) is 10.5 Å². The number of carbonyl (C=O) groups is 2. The summed E-state index contributed by atoms with van der Waals surface area (Å²) in [4.78, 5) is 23.2. The largest absolute Gasteiger partial charge is 0.355 e. The lowest BCUT2D eigenvalue weighted by atomic mass is 10.3. The lowest BCUT2D eigenvalue weighted by molar-refractivity contribution is -0.107. The number of hydrogen-bond donors (Lipinski definition) is 2. The molecule has 108 valence electrons. The van der Waals surface area contributed by atoms with E-state index in [-0.39, 0.29) is 6.54 Å². The quantitative estimate of drug-likeness (QED) is 0.372. The first kappa shape index (κ1) is 17.6. The standard InChI is InChI=1S/C11H12N2O3.C3H7N/c1-2-8-13(16)11(15)12(9-14)10-6-4-3-5-7-10;1-2-3-4/h2-7,9,16H,1,8H2;2H,1,3-4H2. The van der Waals surface area contributed by atoms with Gasteiger partial charge in [0.05, 0.1) is 12.2 Å². The second-order valence-corrected chi connectivity index (χ2v) is 3.49. The molecule has 0 aliphatic heterocycles. The molecule has 0 bridgehead atoms. The smallest absolute Gasteiger partial charge is 0.327 e. The highest BCUT2D eigenvalue weighted by molar-refractivity contribution is 6.05. The molecule has 0 unspecified atom stereocenters. The lowest BCUT2D eigenvalue weighted by Gasteiger charge is -2.20. The van der Waals surface area contributed by atoms with Gasteiger partial charge in [0.2, 0.25) is 6.41 Å². The average Bonchev–Trinajstić information content (AvgIpc) is 2.49. The molecule has 0 saturated carbocycles. The summed E-state index contributed by atoms with van der Waals surface area (Å²) in [5, 5.41) is 9.70. The lowest BCUT2D eigenvalue weighted by Crippen LogP contribution is -2.40. The third-order valence-corrected chi connectivity index (χ3v) is 2.04. The van der Waals surface area contributed by atoms with Gasteiger partial charge < -0.3 is 5.73 Å². The van der Waals surface area contributed by atoms with Crippen LogP contribution in [0.1, 0.15) is 0 Å². The van der Waals surface area contributed by atoms with Gasteiger partial charge in [0.25, 0.3) is 0 Å². The van der Waals surface area contributed by atoms with E-state index in [1.165, 1.54) is 6.08 Å². The van der Waals surface area contributed by atoms with Crippen molar-refractivity contribution in [3.63, 3.8) is 0 Å². The van der Waals surface area contributed by atoms with Gasteiger partial charge >= 0.3 is 6.03 Å². The van der Waals surface area contributed by atoms with E-state index in [4.69, 9.17) is 5.73 Å². The summed E-state index contributed by atoms with van der Waals surface area (Å²) in [5.74, 6) is 0. The maximum atomic E-state index is 11.6. The molecule has 20 heavy (non-hydrogen) atoms. The number of imide groups is 1. The molecule has 1 rings (SSSR count). The van der Waals surface area contributed by atoms with Gasteiger partial charge in [0, 0.05) is 6.54 Å². The number of urea groups is 1. The normalized spacial score (nSPS) is 8.70. The van der Waals surface area contributed by atoms with Gasteiger partial charge in [-0.3, -0.25) is 10.0 Å². The number of nitrogens with zero attached hydrogens (tertiary/aromatic N) is 2. The molecule has 0 heterocycles. The van der Waals surface area contributed by atoms with E-state index in [9.17, 15) is 14.8 Å². The number of rotatable bonds is 5. The van der Waals surface area contributed by atoms with E-state index in [1.54, 1.807) is 36.4 Å². The molecular weight excluding hydrogens is 258 g/mol. The molecule has 0 spiro atoms. The highest BCUT2D eigenvalue weighted by Gasteiger charge is 2.19. The van der Waals surface area contributed by atoms with Crippen molar-refractivity contribution in [2.45, 2.75) is 0 Å². The zero-order valence-electron chi connectivity index (χ0n) is 11.2. The molecule has 3 N–H and O–H groups in total. The number of carbonyl (C=O) groups excluding carboxylic acids is 2. The van der Waals surface area contributed by atoms with Gasteiger partial charge in [-0.05, 0) is 12.1 Å². The third kappa shape index (κ3) is 5.94. The summed E-state index contributed by atoms with van der Waals surface area (Å²) in [7, 11) is 0. The number of nitrogens with two attached hydrogens (primary N) is 1. The van der Waals surface area contributed by atoms with Crippen molar-refractivity contribution in [3.8, 4) is 0 Å². The number of para-hydroxylation sites is 1. The second-order valence-electron chi connectivity index (χ2n) is 3.49. The Morgan fingerprint density at radius 1 is 1.25 bits per heavy atom. The fraction of sp³-hybridized carbons (Fsp3) is 0.143. The van der Waals surface area contributed by atoms with Crippen LogP contribution in [0.15, 0.2) is 55.6 Å². The van der Waals surface area contributed by atoms with Crippen LogP contribution in [0.5, 0.6) is 0 Å². The van der Waals surface area contributed by atoms with Crippen LogP contribution in [0, 0.1) is 0 Å². The number of benzene rings is 1. The molecule has 0 aliphatic rings. The van der Waals surface area contributed by atoms with Crippen molar-refractivity contribution in [2.75, 3.05) is 18.0 Å². The zero-order chi connectivity index (χ0) is 15.4. The third-order valence-electron chi connectivity index (χ3n) is 2.04. The summed E-state index contributed by atoms with van der Waals surface area (Å²) in [6, 6.07) is 7.50. The van der Waals surface area contributed by atoms with Crippen molar-refractivity contribution in [3.05, 3.63) is 55.6 Å². The van der Waals surface area contributed by atoms with E-state index >= 15 is 0 Å². The fourth-order valence-electron chi connectivity index (χ4n) is 1.13. The van der Waals surface area contributed by atoms with Crippen LogP contribution < -0.4 is 10.6 Å². The van der Waals surface area contributed by atoms with E-state index in [0.29, 0.717) is 23.7 Å². The molecule has 6 heteroatoms. The summed E-state index contributed by atoms with van der Waals surface area (Å²) in [6.07, 6.45) is 3.36. The Bertz CT molecular complexity index is 435. The number of hydroxylamine groups is 2. The molecule has 0 saturated heterocycles. The Hall–Kier alpha value is -2.44. The summed E-state index contributed by atoms with van der Waals surface area (Å²) < 4.78 is 0. The van der Waals surface area contributed by atoms with E-state index in [0.717, 1.165) is 4.90 Å². The molecule has 0 aromatic heterocycles. The maximum absolute atomic E-state index is 11.6. The summed E-state index contributed by atoms with van der Waals surface area (Å²) in [5.41, 5.74) is 5.30. The van der Waals surface area contributed by atoms with Crippen LogP contribution >= 0.6 is 0 Å². The molecular formula is C14H19N3O3. The molecule has 0 aliphatic carbocycles. The van der Waals surface area contributed by atoms with Crippen molar-refractivity contribution >= 4 is 18.1 Å². The van der Waals surface area contributed by atoms with Gasteiger partial charge in [-0.15, -0.1) is 13.2 Å². The first-order valence-electron chi connectivity index (χ1n) is 5.84. The Morgan fingerprint density at radius 2 is 1.80 bits per heavy atom. The minimum absolute atomic E-state index is 0.0456. The number of hydrogen-bond acceptors (Lipinski definition) is 4. The van der Waals surface area contributed by atoms with Crippen LogP contribution in [-0.2, 0) is 4.79 Å². The SMILES string of the molecule is C=CCN.C=CCN(O)C(=O)N(C=O)c1ccccc1. The topological polar surface area (TPSA) is 86.9 Å². The van der Waals surface area contributed by atoms with Gasteiger partial charge in [-0.2, -0.15) is 0 Å². The Morgan fingerprint density at radius 3 is 2.20 bits per heavy atom. The van der Waals surface area contributed by atoms with Crippen molar-refractivity contribution in [1.29, 1.82) is 0 Å². The highest BCUT2D eigenvalue weighted by atomic mass is 16.5. The van der Waals surface area contributed by atoms with Crippen LogP contribution in [-0.4, -0.2) is 35.8 Å². The minimum Gasteiger partial charge on any atom is -0.327 e. The van der Waals surface area contributed by atoms with Crippen LogP contribution in [0.2, 0.25) is 0 Å². The first-order chi connectivity index (χ1) is 9.62. The van der Waals surface area contributed by atoms with Gasteiger partial charge in [-0.25, -0.2) is 14.8 Å². The molecule has 1 aromatic rings. The Kier molecular flexibility index (Phi) is 9.20. The minimum atomic E-state index is -0.818. The summed E-state index contributed by atoms with van der Waals surface area (Å²) >= 11 is 0. The van der Waals surface area contributed by atoms with Gasteiger partial charge in [0.1, 0.15) is 0 Å². The van der Waals surface area contributed by atoms with Crippen molar-refractivity contribution in [2.24, 2.45) is 5.73 Å². The predicted octanol–water partition coefficient (Wildman–Crippen LogP) is 1.78. The van der Waals surface area contributed by atoms with E-state index < -0.39 is 6.03 Å². The van der Waals surface area contributed by atoms with Crippen molar-refractivity contribution < 1.29 is 14.8 Å². The number of anilines is 1. The second kappa shape index (κ2) is 10.5. The monoisotopic (exact) mass is 277 g/mol. The maximum Gasteiger partial charge on any atom is 0.355 e. The molecule has 1 aromatic carbocycles. The average molecular weight is 277 g/mol. The molecule has 3 amide bonds. The van der Waals surface area contributed by atoms with Crippen molar-refractivity contribution in [1.82, 2.24) is 5.06 Å². The highest BCUT2D eigenvalue weighted by Crippen LogP contribution is 2.12. The van der Waals surface area contributed by atoms with E-state index in [2.05, 4.69) is 13.2 Å². The Labute approximate surface area is 118 Å². The van der Waals surface area contributed by atoms with Crippen LogP contribution in [0.3, 0.4) is 0 Å². The fourth-order valence-corrected chi connectivity index (χ4v) is 1.13. The molecule has 0 fully saturated rings. The first-order valence-corrected chi connectivity index (χ1v) is 5.84. The Balaban J connectivity index is 0.000000796. The molecule has 0 radical (unpaired) electrons. The van der Waals surface area contributed by atoms with Gasteiger partial charge in [-0.1, -0.05) is 30.4 Å². The summed E-state index contributed by atoms with van der Waals surface area (Å²) in [6.45, 7) is 7.27. The molecule has 6 nitrogen and oxygen atoms in total. The zero-order valence-corrected chi connectivity index (χ0v) is 11.2. The van der Waals surface area contributed by atoms with E-state index in [1.807, 2.05) is 0 Å². The molecule has 0 atom stereocenters.